The molecule has 2 nitrogen and oxygen atoms in total. The highest BCUT2D eigenvalue weighted by molar-refractivity contribution is 5.83. The van der Waals surface area contributed by atoms with E-state index in [4.69, 9.17) is 10.5 Å². The Morgan fingerprint density at radius 1 is 0.800 bits per heavy atom. The quantitative estimate of drug-likeness (QED) is 0.774. The normalized spacial score (nSPS) is 12.2. The van der Waals surface area contributed by atoms with E-state index in [1.54, 1.807) is 0 Å². The Morgan fingerprint density at radius 3 is 2.25 bits per heavy atom. The predicted molar refractivity (Wildman–Crippen MR) is 82.8 cm³/mol. The van der Waals surface area contributed by atoms with Crippen molar-refractivity contribution in [3.8, 4) is 5.75 Å². The average molecular weight is 263 g/mol. The molecule has 0 bridgehead atoms. The fraction of sp³-hybridized carbons (Fsp3) is 0.111. The lowest BCUT2D eigenvalue weighted by atomic mass is 10.1. The zero-order valence-electron chi connectivity index (χ0n) is 11.2. The van der Waals surface area contributed by atoms with E-state index in [9.17, 15) is 0 Å². The molecule has 0 saturated carbocycles. The molecule has 100 valence electrons. The lowest BCUT2D eigenvalue weighted by Gasteiger charge is -2.18. The molecule has 0 radical (unpaired) electrons. The highest BCUT2D eigenvalue weighted by Gasteiger charge is 2.11. The summed E-state index contributed by atoms with van der Waals surface area (Å²) in [7, 11) is 0. The highest BCUT2D eigenvalue weighted by atomic mass is 16.5. The topological polar surface area (TPSA) is 35.2 Å². The van der Waals surface area contributed by atoms with Gasteiger partial charge >= 0.3 is 0 Å². The van der Waals surface area contributed by atoms with Gasteiger partial charge in [0.05, 0.1) is 0 Å². The van der Waals surface area contributed by atoms with Crippen LogP contribution in [0.2, 0.25) is 0 Å². The van der Waals surface area contributed by atoms with E-state index < -0.39 is 0 Å². The molecule has 3 rings (SSSR count). The summed E-state index contributed by atoms with van der Waals surface area (Å²) in [5.41, 5.74) is 6.94. The zero-order valence-corrected chi connectivity index (χ0v) is 11.2. The van der Waals surface area contributed by atoms with Crippen LogP contribution in [0.5, 0.6) is 5.75 Å². The first-order valence-corrected chi connectivity index (χ1v) is 6.77. The van der Waals surface area contributed by atoms with Gasteiger partial charge in [-0.3, -0.25) is 0 Å². The molecule has 3 aromatic rings. The number of nitrogens with two attached hydrogens (primary N) is 1. The number of rotatable bonds is 4. The number of benzene rings is 3. The van der Waals surface area contributed by atoms with Gasteiger partial charge in [0.25, 0.3) is 0 Å². The Kier molecular flexibility index (Phi) is 3.66. The Hall–Kier alpha value is -2.32. The van der Waals surface area contributed by atoms with Gasteiger partial charge in [-0.05, 0) is 28.5 Å². The van der Waals surface area contributed by atoms with E-state index in [1.807, 2.05) is 48.5 Å². The van der Waals surface area contributed by atoms with Gasteiger partial charge in [-0.25, -0.2) is 0 Å². The van der Waals surface area contributed by atoms with Crippen LogP contribution in [0.25, 0.3) is 10.8 Å². The van der Waals surface area contributed by atoms with E-state index in [0.29, 0.717) is 6.54 Å². The van der Waals surface area contributed by atoms with E-state index in [2.05, 4.69) is 24.3 Å². The van der Waals surface area contributed by atoms with Crippen molar-refractivity contribution in [1.29, 1.82) is 0 Å². The second-order valence-corrected chi connectivity index (χ2v) is 4.76. The molecular weight excluding hydrogens is 246 g/mol. The second-order valence-electron chi connectivity index (χ2n) is 4.76. The van der Waals surface area contributed by atoms with Crippen LogP contribution < -0.4 is 10.5 Å². The maximum atomic E-state index is 6.03. The van der Waals surface area contributed by atoms with Gasteiger partial charge in [0.2, 0.25) is 0 Å². The van der Waals surface area contributed by atoms with Crippen molar-refractivity contribution in [1.82, 2.24) is 0 Å². The van der Waals surface area contributed by atoms with Gasteiger partial charge in [-0.1, -0.05) is 60.7 Å². The molecule has 0 fully saturated rings. The van der Waals surface area contributed by atoms with Gasteiger partial charge in [0.1, 0.15) is 11.9 Å². The SMILES string of the molecule is NCC(Oc1ccc2ccccc2c1)c1ccccc1. The summed E-state index contributed by atoms with van der Waals surface area (Å²) in [6, 6.07) is 24.4. The van der Waals surface area contributed by atoms with Crippen molar-refractivity contribution in [3.63, 3.8) is 0 Å². The number of hydrogen-bond acceptors (Lipinski definition) is 2. The first-order chi connectivity index (χ1) is 9.86. The smallest absolute Gasteiger partial charge is 0.136 e. The largest absolute Gasteiger partial charge is 0.484 e. The second kappa shape index (κ2) is 5.76. The van der Waals surface area contributed by atoms with Gasteiger partial charge in [-0.15, -0.1) is 0 Å². The summed E-state index contributed by atoms with van der Waals surface area (Å²) in [6.45, 7) is 0.455. The maximum Gasteiger partial charge on any atom is 0.136 e. The molecule has 0 aromatic heterocycles. The summed E-state index contributed by atoms with van der Waals surface area (Å²) in [5, 5.41) is 2.39. The van der Waals surface area contributed by atoms with Crippen molar-refractivity contribution >= 4 is 10.8 Å². The molecule has 20 heavy (non-hydrogen) atoms. The monoisotopic (exact) mass is 263 g/mol. The molecule has 2 heteroatoms. The molecular formula is C18H17NO. The summed E-state index contributed by atoms with van der Waals surface area (Å²) in [6.07, 6.45) is -0.114. The minimum Gasteiger partial charge on any atom is -0.484 e. The van der Waals surface area contributed by atoms with Crippen molar-refractivity contribution in [2.75, 3.05) is 6.54 Å². The Morgan fingerprint density at radius 2 is 1.50 bits per heavy atom. The van der Waals surface area contributed by atoms with E-state index in [-0.39, 0.29) is 6.10 Å². The fourth-order valence-corrected chi connectivity index (χ4v) is 2.32. The fourth-order valence-electron chi connectivity index (χ4n) is 2.32. The van der Waals surface area contributed by atoms with E-state index in [0.717, 1.165) is 11.3 Å². The van der Waals surface area contributed by atoms with Gasteiger partial charge in [0, 0.05) is 6.54 Å². The third kappa shape index (κ3) is 2.65. The highest BCUT2D eigenvalue weighted by Crippen LogP contribution is 2.25. The van der Waals surface area contributed by atoms with Crippen LogP contribution in [0.3, 0.4) is 0 Å². The number of fused-ring (bicyclic) bond motifs is 1. The maximum absolute atomic E-state index is 6.03. The molecule has 0 aliphatic carbocycles. The van der Waals surface area contributed by atoms with Crippen LogP contribution in [-0.2, 0) is 0 Å². The molecule has 1 unspecified atom stereocenters. The first-order valence-electron chi connectivity index (χ1n) is 6.77. The van der Waals surface area contributed by atoms with Gasteiger partial charge < -0.3 is 10.5 Å². The third-order valence-electron chi connectivity index (χ3n) is 3.38. The zero-order chi connectivity index (χ0) is 13.8. The van der Waals surface area contributed by atoms with Crippen LogP contribution in [-0.4, -0.2) is 6.54 Å². The minimum absolute atomic E-state index is 0.114. The molecule has 0 heterocycles. The Labute approximate surface area is 118 Å². The Balaban J connectivity index is 1.87. The number of ether oxygens (including phenoxy) is 1. The minimum atomic E-state index is -0.114. The van der Waals surface area contributed by atoms with Gasteiger partial charge in [0.15, 0.2) is 0 Å². The number of hydrogen-bond donors (Lipinski definition) is 1. The molecule has 0 aliphatic heterocycles. The van der Waals surface area contributed by atoms with Crippen molar-refractivity contribution in [2.24, 2.45) is 5.73 Å². The average Bonchev–Trinajstić information content (AvgIpc) is 2.53. The predicted octanol–water partition coefficient (Wildman–Crippen LogP) is 3.92. The standard InChI is InChI=1S/C18H17NO/c19-13-18(15-7-2-1-3-8-15)20-17-11-10-14-6-4-5-9-16(14)12-17/h1-12,18H,13,19H2. The first kappa shape index (κ1) is 12.7. The molecule has 1 atom stereocenters. The van der Waals surface area contributed by atoms with Gasteiger partial charge in [-0.2, -0.15) is 0 Å². The molecule has 0 amide bonds. The summed E-state index contributed by atoms with van der Waals surface area (Å²) in [4.78, 5) is 0. The van der Waals surface area contributed by atoms with E-state index >= 15 is 0 Å². The van der Waals surface area contributed by atoms with Crippen LogP contribution in [0, 0.1) is 0 Å². The third-order valence-corrected chi connectivity index (χ3v) is 3.38. The molecule has 0 spiro atoms. The van der Waals surface area contributed by atoms with Crippen LogP contribution in [0.4, 0.5) is 0 Å². The van der Waals surface area contributed by atoms with Crippen molar-refractivity contribution in [2.45, 2.75) is 6.10 Å². The Bertz CT molecular complexity index is 694. The lowest BCUT2D eigenvalue weighted by Crippen LogP contribution is -2.18. The molecule has 0 saturated heterocycles. The lowest BCUT2D eigenvalue weighted by molar-refractivity contribution is 0.214. The van der Waals surface area contributed by atoms with Crippen LogP contribution in [0.1, 0.15) is 11.7 Å². The molecule has 2 N–H and O–H groups in total. The molecule has 0 aliphatic rings. The van der Waals surface area contributed by atoms with E-state index in [1.165, 1.54) is 10.8 Å². The van der Waals surface area contributed by atoms with Crippen LogP contribution in [0.15, 0.2) is 72.8 Å². The molecule has 3 aromatic carbocycles. The van der Waals surface area contributed by atoms with Crippen molar-refractivity contribution in [3.05, 3.63) is 78.4 Å². The van der Waals surface area contributed by atoms with Crippen molar-refractivity contribution < 1.29 is 4.74 Å². The van der Waals surface area contributed by atoms with Crippen LogP contribution >= 0.6 is 0 Å². The summed E-state index contributed by atoms with van der Waals surface area (Å²) in [5.74, 6) is 0.850. The summed E-state index contributed by atoms with van der Waals surface area (Å²) < 4.78 is 6.03. The summed E-state index contributed by atoms with van der Waals surface area (Å²) >= 11 is 0.